The minimum atomic E-state index is -0.832. The van der Waals surface area contributed by atoms with Gasteiger partial charge in [-0.1, -0.05) is 35.3 Å². The highest BCUT2D eigenvalue weighted by molar-refractivity contribution is 6.35. The van der Waals surface area contributed by atoms with Gasteiger partial charge in [0.15, 0.2) is 11.9 Å². The van der Waals surface area contributed by atoms with Gasteiger partial charge in [0, 0.05) is 10.0 Å². The summed E-state index contributed by atoms with van der Waals surface area (Å²) in [6.07, 6.45) is 0.775. The molecule has 0 aromatic heterocycles. The number of aldehydes is 1. The summed E-state index contributed by atoms with van der Waals surface area (Å²) in [7, 11) is 0. The second-order valence-corrected chi connectivity index (χ2v) is 5.88. The third-order valence-electron chi connectivity index (χ3n) is 2.71. The number of carbonyl (C=O) groups excluding carboxylic acids is 1. The van der Waals surface area contributed by atoms with E-state index in [-0.39, 0.29) is 0 Å². The van der Waals surface area contributed by atoms with Crippen molar-refractivity contribution in [2.45, 2.75) is 19.4 Å². The summed E-state index contributed by atoms with van der Waals surface area (Å²) < 4.78 is 5.57. The molecule has 0 N–H and O–H groups in total. The number of carbonyl (C=O) groups is 1. The van der Waals surface area contributed by atoms with Crippen LogP contribution < -0.4 is 4.74 Å². The number of ether oxygens (including phenoxy) is 1. The van der Waals surface area contributed by atoms with Crippen LogP contribution in [-0.2, 0) is 4.79 Å². The molecule has 0 radical (unpaired) electrons. The Hall–Kier alpha value is -1.51. The Bertz CT molecular complexity index is 599. The maximum atomic E-state index is 10.8. The minimum Gasteiger partial charge on any atom is -0.480 e. The molecule has 0 spiro atoms. The summed E-state index contributed by atoms with van der Waals surface area (Å²) in [5.74, 6) is 0.638. The van der Waals surface area contributed by atoms with Crippen LogP contribution in [0.1, 0.15) is 13.8 Å². The molecular weight excluding hydrogens is 295 g/mol. The Kier molecular flexibility index (Phi) is 4.36. The normalized spacial score (nSPS) is 11.2. The molecule has 0 saturated carbocycles. The van der Waals surface area contributed by atoms with Gasteiger partial charge >= 0.3 is 0 Å². The van der Waals surface area contributed by atoms with E-state index < -0.39 is 5.60 Å². The SMILES string of the molecule is CC(C)(C=O)Oc1ccc(-c2cc(Cl)cc(Cl)c2)cc1. The molecule has 2 nitrogen and oxygen atoms in total. The molecule has 0 amide bonds. The van der Waals surface area contributed by atoms with Gasteiger partial charge < -0.3 is 4.74 Å². The van der Waals surface area contributed by atoms with Crippen molar-refractivity contribution in [3.05, 3.63) is 52.5 Å². The van der Waals surface area contributed by atoms with Gasteiger partial charge in [-0.15, -0.1) is 0 Å². The molecule has 20 heavy (non-hydrogen) atoms. The van der Waals surface area contributed by atoms with Crippen molar-refractivity contribution in [1.82, 2.24) is 0 Å². The summed E-state index contributed by atoms with van der Waals surface area (Å²) >= 11 is 12.0. The number of hydrogen-bond acceptors (Lipinski definition) is 2. The lowest BCUT2D eigenvalue weighted by atomic mass is 10.1. The highest BCUT2D eigenvalue weighted by Gasteiger charge is 2.18. The van der Waals surface area contributed by atoms with Crippen molar-refractivity contribution in [2.75, 3.05) is 0 Å². The van der Waals surface area contributed by atoms with E-state index in [1.54, 1.807) is 19.9 Å². The highest BCUT2D eigenvalue weighted by atomic mass is 35.5. The van der Waals surface area contributed by atoms with Gasteiger partial charge in [-0.2, -0.15) is 0 Å². The van der Waals surface area contributed by atoms with Crippen molar-refractivity contribution < 1.29 is 9.53 Å². The molecule has 0 fully saturated rings. The fourth-order valence-corrected chi connectivity index (χ4v) is 2.29. The molecule has 0 atom stereocenters. The predicted octanol–water partition coefficient (Wildman–Crippen LogP) is 5.02. The van der Waals surface area contributed by atoms with E-state index in [1.807, 2.05) is 36.4 Å². The zero-order valence-corrected chi connectivity index (χ0v) is 12.7. The Morgan fingerprint density at radius 1 is 0.950 bits per heavy atom. The van der Waals surface area contributed by atoms with Crippen LogP contribution in [0.15, 0.2) is 42.5 Å². The molecule has 0 aliphatic heterocycles. The number of rotatable bonds is 4. The average molecular weight is 309 g/mol. The first kappa shape index (κ1) is 14.9. The number of benzene rings is 2. The second-order valence-electron chi connectivity index (χ2n) is 5.01. The first-order valence-corrected chi connectivity index (χ1v) is 6.87. The molecular formula is C16H14Cl2O2. The first-order valence-electron chi connectivity index (χ1n) is 6.11. The van der Waals surface area contributed by atoms with Crippen LogP contribution in [0.2, 0.25) is 10.0 Å². The van der Waals surface area contributed by atoms with Crippen LogP contribution in [0, 0.1) is 0 Å². The number of halogens is 2. The molecule has 0 aliphatic rings. The van der Waals surface area contributed by atoms with E-state index in [0.29, 0.717) is 15.8 Å². The molecule has 4 heteroatoms. The maximum Gasteiger partial charge on any atom is 0.162 e. The van der Waals surface area contributed by atoms with Gasteiger partial charge in [-0.3, -0.25) is 4.79 Å². The topological polar surface area (TPSA) is 26.3 Å². The smallest absolute Gasteiger partial charge is 0.162 e. The zero-order valence-electron chi connectivity index (χ0n) is 11.2. The lowest BCUT2D eigenvalue weighted by Gasteiger charge is -2.19. The summed E-state index contributed by atoms with van der Waals surface area (Å²) in [6, 6.07) is 12.8. The molecule has 2 aromatic carbocycles. The molecule has 104 valence electrons. The quantitative estimate of drug-likeness (QED) is 0.742. The monoisotopic (exact) mass is 308 g/mol. The van der Waals surface area contributed by atoms with Crippen LogP contribution in [0.3, 0.4) is 0 Å². The largest absolute Gasteiger partial charge is 0.480 e. The van der Waals surface area contributed by atoms with Gasteiger partial charge in [-0.25, -0.2) is 0 Å². The molecule has 0 heterocycles. The summed E-state index contributed by atoms with van der Waals surface area (Å²) in [6.45, 7) is 3.43. The standard InChI is InChI=1S/C16H14Cl2O2/c1-16(2,10-19)20-15-5-3-11(4-6-15)12-7-13(17)9-14(18)8-12/h3-10H,1-2H3. The van der Waals surface area contributed by atoms with Crippen LogP contribution in [0.5, 0.6) is 5.75 Å². The van der Waals surface area contributed by atoms with E-state index >= 15 is 0 Å². The molecule has 2 aromatic rings. The lowest BCUT2D eigenvalue weighted by molar-refractivity contribution is -0.118. The lowest BCUT2D eigenvalue weighted by Crippen LogP contribution is -2.29. The van der Waals surface area contributed by atoms with Crippen molar-refractivity contribution in [3.63, 3.8) is 0 Å². The van der Waals surface area contributed by atoms with Crippen LogP contribution in [0.4, 0.5) is 0 Å². The molecule has 2 rings (SSSR count). The van der Waals surface area contributed by atoms with Crippen LogP contribution >= 0.6 is 23.2 Å². The van der Waals surface area contributed by atoms with Crippen LogP contribution in [0.25, 0.3) is 11.1 Å². The van der Waals surface area contributed by atoms with Gasteiger partial charge in [0.1, 0.15) is 5.75 Å². The Morgan fingerprint density at radius 2 is 1.50 bits per heavy atom. The van der Waals surface area contributed by atoms with E-state index in [4.69, 9.17) is 27.9 Å². The van der Waals surface area contributed by atoms with Crippen molar-refractivity contribution in [3.8, 4) is 16.9 Å². The third-order valence-corrected chi connectivity index (χ3v) is 3.15. The molecule has 0 bridgehead atoms. The predicted molar refractivity (Wildman–Crippen MR) is 82.7 cm³/mol. The van der Waals surface area contributed by atoms with Gasteiger partial charge in [0.25, 0.3) is 0 Å². The Labute approximate surface area is 128 Å². The summed E-state index contributed by atoms with van der Waals surface area (Å²) in [5, 5.41) is 1.19. The van der Waals surface area contributed by atoms with Crippen molar-refractivity contribution in [1.29, 1.82) is 0 Å². The van der Waals surface area contributed by atoms with E-state index in [9.17, 15) is 4.79 Å². The van der Waals surface area contributed by atoms with Gasteiger partial charge in [0.2, 0.25) is 0 Å². The average Bonchev–Trinajstić information content (AvgIpc) is 2.38. The second kappa shape index (κ2) is 5.86. The molecule has 0 aliphatic carbocycles. The van der Waals surface area contributed by atoms with E-state index in [2.05, 4.69) is 0 Å². The zero-order chi connectivity index (χ0) is 14.8. The van der Waals surface area contributed by atoms with E-state index in [1.165, 1.54) is 0 Å². The Balaban J connectivity index is 2.26. The maximum absolute atomic E-state index is 10.8. The molecule has 0 saturated heterocycles. The summed E-state index contributed by atoms with van der Waals surface area (Å²) in [5.41, 5.74) is 1.08. The number of hydrogen-bond donors (Lipinski definition) is 0. The fraction of sp³-hybridized carbons (Fsp3) is 0.188. The van der Waals surface area contributed by atoms with Crippen molar-refractivity contribution in [2.24, 2.45) is 0 Å². The van der Waals surface area contributed by atoms with E-state index in [0.717, 1.165) is 17.4 Å². The highest BCUT2D eigenvalue weighted by Crippen LogP contribution is 2.29. The summed E-state index contributed by atoms with van der Waals surface area (Å²) in [4.78, 5) is 10.8. The third kappa shape index (κ3) is 3.75. The van der Waals surface area contributed by atoms with Gasteiger partial charge in [-0.05, 0) is 55.3 Å². The fourth-order valence-electron chi connectivity index (χ4n) is 1.76. The van der Waals surface area contributed by atoms with Gasteiger partial charge in [0.05, 0.1) is 0 Å². The van der Waals surface area contributed by atoms with Crippen molar-refractivity contribution >= 4 is 29.5 Å². The van der Waals surface area contributed by atoms with Crippen LogP contribution in [-0.4, -0.2) is 11.9 Å². The minimum absolute atomic E-state index is 0.593. The first-order chi connectivity index (χ1) is 9.39. The molecule has 0 unspecified atom stereocenters. The Morgan fingerprint density at radius 3 is 2.00 bits per heavy atom.